The summed E-state index contributed by atoms with van der Waals surface area (Å²) in [5.41, 5.74) is 2.41. The average Bonchev–Trinajstić information content (AvgIpc) is 2.19. The minimum absolute atomic E-state index is 0.00278. The summed E-state index contributed by atoms with van der Waals surface area (Å²) in [5.74, 6) is 2.53. The molecule has 0 spiro atoms. The lowest BCUT2D eigenvalue weighted by Crippen LogP contribution is -2.39. The molecule has 0 radical (unpaired) electrons. The molecule has 2 heteroatoms. The van der Waals surface area contributed by atoms with Crippen LogP contribution in [0.3, 0.4) is 0 Å². The minimum atomic E-state index is -0.190. The smallest absolute Gasteiger partial charge is 0.228 e. The predicted octanol–water partition coefficient (Wildman–Crippen LogP) is 1.46. The van der Waals surface area contributed by atoms with Crippen LogP contribution in [0.1, 0.15) is 24.0 Å². The van der Waals surface area contributed by atoms with Gasteiger partial charge in [-0.2, -0.15) is 0 Å². The van der Waals surface area contributed by atoms with E-state index in [1.54, 1.807) is 0 Å². The summed E-state index contributed by atoms with van der Waals surface area (Å²) in [6.07, 6.45) is 6.04. The molecule has 15 heavy (non-hydrogen) atoms. The van der Waals surface area contributed by atoms with Crippen LogP contribution in [0.5, 0.6) is 0 Å². The van der Waals surface area contributed by atoms with E-state index in [0.717, 1.165) is 12.0 Å². The molecule has 1 N–H and O–H groups in total. The second kappa shape index (κ2) is 3.78. The monoisotopic (exact) mass is 199 g/mol. The largest absolute Gasteiger partial charge is 0.342 e. The van der Waals surface area contributed by atoms with Crippen LogP contribution in [0.2, 0.25) is 0 Å². The lowest BCUT2D eigenvalue weighted by Gasteiger charge is -2.29. The van der Waals surface area contributed by atoms with Gasteiger partial charge in [0.25, 0.3) is 0 Å². The van der Waals surface area contributed by atoms with Gasteiger partial charge >= 0.3 is 0 Å². The highest BCUT2D eigenvalue weighted by Crippen LogP contribution is 2.34. The van der Waals surface area contributed by atoms with Crippen molar-refractivity contribution in [2.24, 2.45) is 0 Å². The van der Waals surface area contributed by atoms with Gasteiger partial charge in [0.15, 0.2) is 0 Å². The molecule has 1 aromatic carbocycles. The zero-order valence-electron chi connectivity index (χ0n) is 8.66. The number of hydrogen-bond donors (Lipinski definition) is 1. The quantitative estimate of drug-likeness (QED) is 0.718. The highest BCUT2D eigenvalue weighted by atomic mass is 16.1. The first-order chi connectivity index (χ1) is 7.22. The molecule has 0 heterocycles. The first kappa shape index (κ1) is 9.79. The van der Waals surface area contributed by atoms with Crippen LogP contribution in [-0.2, 0) is 11.2 Å². The van der Waals surface area contributed by atoms with E-state index >= 15 is 0 Å². The molecule has 0 aromatic heterocycles. The van der Waals surface area contributed by atoms with Crippen molar-refractivity contribution in [3.8, 4) is 12.3 Å². The Labute approximate surface area is 89.7 Å². The molecule has 2 nitrogen and oxygen atoms in total. The zero-order chi connectivity index (χ0) is 10.8. The Morgan fingerprint density at radius 1 is 1.60 bits per heavy atom. The van der Waals surface area contributed by atoms with Gasteiger partial charge in [-0.3, -0.25) is 4.79 Å². The average molecular weight is 199 g/mol. The second-order valence-corrected chi connectivity index (χ2v) is 3.85. The third-order valence-corrected chi connectivity index (χ3v) is 2.78. The number of hydrogen-bond acceptors (Lipinski definition) is 1. The summed E-state index contributed by atoms with van der Waals surface area (Å²) in [6.45, 7) is 1.81. The first-order valence-corrected chi connectivity index (χ1v) is 5.06. The van der Waals surface area contributed by atoms with Crippen molar-refractivity contribution in [3.05, 3.63) is 35.4 Å². The van der Waals surface area contributed by atoms with Crippen molar-refractivity contribution in [2.45, 2.75) is 25.3 Å². The molecule has 0 fully saturated rings. The van der Waals surface area contributed by atoms with Crippen molar-refractivity contribution in [3.63, 3.8) is 0 Å². The Hall–Kier alpha value is -1.75. The molecule has 2 unspecified atom stereocenters. The van der Waals surface area contributed by atoms with Gasteiger partial charge in [0.2, 0.25) is 5.91 Å². The molecule has 0 bridgehead atoms. The molecule has 0 saturated heterocycles. The van der Waals surface area contributed by atoms with E-state index in [0.29, 0.717) is 0 Å². The fourth-order valence-corrected chi connectivity index (χ4v) is 1.85. The van der Waals surface area contributed by atoms with Crippen molar-refractivity contribution in [1.82, 2.24) is 5.32 Å². The van der Waals surface area contributed by atoms with Crippen molar-refractivity contribution < 1.29 is 4.79 Å². The van der Waals surface area contributed by atoms with E-state index in [-0.39, 0.29) is 17.9 Å². The lowest BCUT2D eigenvalue weighted by atomic mass is 9.77. The van der Waals surface area contributed by atoms with Crippen molar-refractivity contribution in [2.75, 3.05) is 0 Å². The maximum Gasteiger partial charge on any atom is 0.228 e. The third kappa shape index (κ3) is 1.73. The van der Waals surface area contributed by atoms with E-state index in [9.17, 15) is 4.79 Å². The van der Waals surface area contributed by atoms with E-state index in [2.05, 4.69) is 17.3 Å². The number of fused-ring (bicyclic) bond motifs is 1. The number of carbonyl (C=O) groups is 1. The maximum atomic E-state index is 11.8. The van der Waals surface area contributed by atoms with E-state index < -0.39 is 0 Å². The van der Waals surface area contributed by atoms with Crippen LogP contribution in [0.15, 0.2) is 24.3 Å². The van der Waals surface area contributed by atoms with Gasteiger partial charge in [-0.1, -0.05) is 30.2 Å². The Balaban J connectivity index is 2.05. The van der Waals surface area contributed by atoms with Crippen LogP contribution < -0.4 is 5.32 Å². The normalized spacial score (nSPS) is 19.3. The number of benzene rings is 1. The van der Waals surface area contributed by atoms with Crippen LogP contribution in [0.4, 0.5) is 0 Å². The number of terminal acetylenes is 1. The number of carbonyl (C=O) groups excluding carboxylic acids is 1. The molecule has 2 atom stereocenters. The number of amides is 1. The van der Waals surface area contributed by atoms with Gasteiger partial charge in [0, 0.05) is 0 Å². The lowest BCUT2D eigenvalue weighted by molar-refractivity contribution is -0.123. The molecule has 0 saturated carbocycles. The van der Waals surface area contributed by atoms with Gasteiger partial charge in [-0.15, -0.1) is 6.42 Å². The summed E-state index contributed by atoms with van der Waals surface area (Å²) in [4.78, 5) is 11.8. The molecule has 1 aliphatic rings. The van der Waals surface area contributed by atoms with Crippen LogP contribution in [-0.4, -0.2) is 11.9 Å². The van der Waals surface area contributed by atoms with Crippen molar-refractivity contribution in [1.29, 1.82) is 0 Å². The van der Waals surface area contributed by atoms with Gasteiger partial charge in [-0.25, -0.2) is 0 Å². The van der Waals surface area contributed by atoms with Crippen LogP contribution >= 0.6 is 0 Å². The topological polar surface area (TPSA) is 29.1 Å². The molecule has 2 rings (SSSR count). The zero-order valence-corrected chi connectivity index (χ0v) is 8.66. The molecule has 76 valence electrons. The van der Waals surface area contributed by atoms with Gasteiger partial charge < -0.3 is 5.32 Å². The fourth-order valence-electron chi connectivity index (χ4n) is 1.85. The molecular weight excluding hydrogens is 186 g/mol. The molecule has 0 aliphatic heterocycles. The number of rotatable bonds is 2. The van der Waals surface area contributed by atoms with Crippen LogP contribution in [0, 0.1) is 12.3 Å². The van der Waals surface area contributed by atoms with Gasteiger partial charge in [0.05, 0.1) is 12.0 Å². The molecule has 1 aromatic rings. The predicted molar refractivity (Wildman–Crippen MR) is 59.3 cm³/mol. The maximum absolute atomic E-state index is 11.8. The standard InChI is InChI=1S/C13H13NO/c1-3-9(2)14-13(15)12-8-10-6-4-5-7-11(10)12/h1,4-7,9,12H,8H2,2H3,(H,14,15). The fraction of sp³-hybridized carbons (Fsp3) is 0.308. The van der Waals surface area contributed by atoms with E-state index in [1.807, 2.05) is 25.1 Å². The minimum Gasteiger partial charge on any atom is -0.342 e. The Morgan fingerprint density at radius 2 is 2.33 bits per heavy atom. The SMILES string of the molecule is C#CC(C)NC(=O)C1Cc2ccccc21. The summed E-state index contributed by atoms with van der Waals surface area (Å²) >= 11 is 0. The van der Waals surface area contributed by atoms with Gasteiger partial charge in [-0.05, 0) is 24.5 Å². The summed E-state index contributed by atoms with van der Waals surface area (Å²) in [5, 5.41) is 2.80. The molecule has 1 aliphatic carbocycles. The van der Waals surface area contributed by atoms with Gasteiger partial charge in [0.1, 0.15) is 0 Å². The van der Waals surface area contributed by atoms with E-state index in [4.69, 9.17) is 6.42 Å². The Bertz CT molecular complexity index is 430. The van der Waals surface area contributed by atoms with Crippen molar-refractivity contribution >= 4 is 5.91 Å². The summed E-state index contributed by atoms with van der Waals surface area (Å²) in [7, 11) is 0. The second-order valence-electron chi connectivity index (χ2n) is 3.85. The highest BCUT2D eigenvalue weighted by molar-refractivity contribution is 5.87. The third-order valence-electron chi connectivity index (χ3n) is 2.78. The molecular formula is C13H13NO. The summed E-state index contributed by atoms with van der Waals surface area (Å²) < 4.78 is 0. The summed E-state index contributed by atoms with van der Waals surface area (Å²) in [6, 6.07) is 7.83. The van der Waals surface area contributed by atoms with E-state index in [1.165, 1.54) is 5.56 Å². The Kier molecular flexibility index (Phi) is 2.47. The first-order valence-electron chi connectivity index (χ1n) is 5.06. The molecule has 1 amide bonds. The van der Waals surface area contributed by atoms with Crippen LogP contribution in [0.25, 0.3) is 0 Å². The Morgan fingerprint density at radius 3 is 3.00 bits per heavy atom. The highest BCUT2D eigenvalue weighted by Gasteiger charge is 2.31. The number of nitrogens with one attached hydrogen (secondary N) is 1.